The molecule has 0 aliphatic carbocycles. The van der Waals surface area contributed by atoms with E-state index in [0.29, 0.717) is 16.4 Å². The molecule has 1 aliphatic heterocycles. The highest BCUT2D eigenvalue weighted by Crippen LogP contribution is 2.36. The number of nitrogens with two attached hydrogens (primary N) is 1. The molecule has 21 heavy (non-hydrogen) atoms. The Morgan fingerprint density at radius 2 is 2.29 bits per heavy atom. The smallest absolute Gasteiger partial charge is 0.251 e. The fourth-order valence-electron chi connectivity index (χ4n) is 2.31. The summed E-state index contributed by atoms with van der Waals surface area (Å²) < 4.78 is 1.45. The van der Waals surface area contributed by atoms with E-state index in [0.717, 1.165) is 5.56 Å². The van der Waals surface area contributed by atoms with E-state index in [2.05, 4.69) is 15.7 Å². The summed E-state index contributed by atoms with van der Waals surface area (Å²) in [5.74, 6) is -0.707. The van der Waals surface area contributed by atoms with Crippen molar-refractivity contribution < 1.29 is 9.59 Å². The zero-order valence-electron chi connectivity index (χ0n) is 11.1. The number of amides is 2. The highest BCUT2D eigenvalue weighted by atomic mass is 35.5. The van der Waals surface area contributed by atoms with E-state index in [4.69, 9.17) is 17.3 Å². The van der Waals surface area contributed by atoms with Crippen LogP contribution >= 0.6 is 11.6 Å². The molecule has 2 aromatic rings. The zero-order valence-corrected chi connectivity index (χ0v) is 11.8. The van der Waals surface area contributed by atoms with E-state index in [9.17, 15) is 9.59 Å². The third-order valence-electron chi connectivity index (χ3n) is 3.35. The fraction of sp³-hybridized carbons (Fsp3) is 0.154. The summed E-state index contributed by atoms with van der Waals surface area (Å²) in [7, 11) is 1.70. The lowest BCUT2D eigenvalue weighted by molar-refractivity contribution is -0.117. The van der Waals surface area contributed by atoms with Crippen LogP contribution in [0.1, 0.15) is 22.0 Å². The van der Waals surface area contributed by atoms with E-state index in [-0.39, 0.29) is 11.5 Å². The molecule has 2 heterocycles. The Morgan fingerprint density at radius 1 is 1.52 bits per heavy atom. The molecule has 1 atom stereocenters. The lowest BCUT2D eigenvalue weighted by Crippen LogP contribution is -2.23. The van der Waals surface area contributed by atoms with Gasteiger partial charge in [0, 0.05) is 17.4 Å². The van der Waals surface area contributed by atoms with Crippen molar-refractivity contribution in [3.8, 4) is 5.69 Å². The van der Waals surface area contributed by atoms with Gasteiger partial charge < -0.3 is 16.4 Å². The third-order valence-corrected chi connectivity index (χ3v) is 3.66. The SMILES string of the molecule is CNC1C(=O)Nc2cc(-n3cc(C(N)=O)cn3)c(Cl)cc21. The van der Waals surface area contributed by atoms with Gasteiger partial charge in [-0.1, -0.05) is 11.6 Å². The van der Waals surface area contributed by atoms with Crippen molar-refractivity contribution in [1.29, 1.82) is 0 Å². The summed E-state index contributed by atoms with van der Waals surface area (Å²) in [6.45, 7) is 0. The van der Waals surface area contributed by atoms with Crippen LogP contribution in [0.2, 0.25) is 5.02 Å². The van der Waals surface area contributed by atoms with Crippen molar-refractivity contribution in [2.75, 3.05) is 12.4 Å². The predicted molar refractivity (Wildman–Crippen MR) is 77.5 cm³/mol. The summed E-state index contributed by atoms with van der Waals surface area (Å²) in [6.07, 6.45) is 2.85. The number of primary amides is 1. The second-order valence-corrected chi connectivity index (χ2v) is 5.05. The van der Waals surface area contributed by atoms with Gasteiger partial charge in [0.1, 0.15) is 6.04 Å². The van der Waals surface area contributed by atoms with E-state index in [1.807, 2.05) is 0 Å². The van der Waals surface area contributed by atoms with Crippen LogP contribution in [0.25, 0.3) is 5.69 Å². The Morgan fingerprint density at radius 3 is 2.90 bits per heavy atom. The van der Waals surface area contributed by atoms with Gasteiger partial charge in [0.2, 0.25) is 5.91 Å². The lowest BCUT2D eigenvalue weighted by Gasteiger charge is -2.10. The normalized spacial score (nSPS) is 16.7. The van der Waals surface area contributed by atoms with Crippen molar-refractivity contribution in [2.45, 2.75) is 6.04 Å². The number of carbonyl (C=O) groups excluding carboxylic acids is 2. The van der Waals surface area contributed by atoms with E-state index in [1.165, 1.54) is 17.1 Å². The molecule has 7 nitrogen and oxygen atoms in total. The summed E-state index contributed by atoms with van der Waals surface area (Å²) in [4.78, 5) is 22.9. The van der Waals surface area contributed by atoms with Gasteiger partial charge >= 0.3 is 0 Å². The molecule has 0 bridgehead atoms. The molecule has 0 radical (unpaired) electrons. The number of carbonyl (C=O) groups is 2. The minimum atomic E-state index is -0.568. The average molecular weight is 306 g/mol. The van der Waals surface area contributed by atoms with Gasteiger partial charge in [-0.25, -0.2) is 4.68 Å². The Hall–Kier alpha value is -2.38. The molecule has 108 valence electrons. The van der Waals surface area contributed by atoms with Crippen molar-refractivity contribution in [1.82, 2.24) is 15.1 Å². The molecule has 0 saturated carbocycles. The molecule has 1 aromatic heterocycles. The summed E-state index contributed by atoms with van der Waals surface area (Å²) in [6, 6.07) is 2.99. The largest absolute Gasteiger partial charge is 0.366 e. The molecule has 2 amide bonds. The number of halogens is 1. The van der Waals surface area contributed by atoms with Gasteiger partial charge in [0.05, 0.1) is 22.5 Å². The summed E-state index contributed by atoms with van der Waals surface area (Å²) >= 11 is 6.26. The Bertz CT molecular complexity index is 755. The number of hydrogen-bond acceptors (Lipinski definition) is 4. The van der Waals surface area contributed by atoms with E-state index in [1.54, 1.807) is 19.2 Å². The van der Waals surface area contributed by atoms with Gasteiger partial charge in [-0.3, -0.25) is 9.59 Å². The second-order valence-electron chi connectivity index (χ2n) is 4.64. The number of rotatable bonds is 3. The standard InChI is InChI=1S/C13H12ClN5O2/c1-16-11-7-2-8(14)10(3-9(7)18-13(11)21)19-5-6(4-17-19)12(15)20/h2-5,11,16H,1H3,(H2,15,20)(H,18,21). The molecule has 0 saturated heterocycles. The molecule has 1 aromatic carbocycles. The number of benzene rings is 1. The van der Waals surface area contributed by atoms with Crippen LogP contribution in [0.4, 0.5) is 5.69 Å². The Balaban J connectivity index is 2.07. The second kappa shape index (κ2) is 4.87. The van der Waals surface area contributed by atoms with Crippen LogP contribution < -0.4 is 16.4 Å². The molecule has 1 aliphatic rings. The molecular weight excluding hydrogens is 294 g/mol. The van der Waals surface area contributed by atoms with Crippen LogP contribution in [0, 0.1) is 0 Å². The maximum atomic E-state index is 11.8. The number of anilines is 1. The quantitative estimate of drug-likeness (QED) is 0.782. The molecule has 8 heteroatoms. The number of nitrogens with zero attached hydrogens (tertiary/aromatic N) is 2. The number of fused-ring (bicyclic) bond motifs is 1. The molecule has 1 unspecified atom stereocenters. The maximum absolute atomic E-state index is 11.8. The number of nitrogens with one attached hydrogen (secondary N) is 2. The van der Waals surface area contributed by atoms with Gasteiger partial charge in [0.25, 0.3) is 5.91 Å². The van der Waals surface area contributed by atoms with E-state index >= 15 is 0 Å². The molecule has 0 fully saturated rings. The minimum absolute atomic E-state index is 0.140. The number of aromatic nitrogens is 2. The van der Waals surface area contributed by atoms with Crippen molar-refractivity contribution in [2.24, 2.45) is 5.73 Å². The number of hydrogen-bond donors (Lipinski definition) is 3. The first-order valence-corrected chi connectivity index (χ1v) is 6.55. The maximum Gasteiger partial charge on any atom is 0.251 e. The Labute approximate surface area is 125 Å². The first-order valence-electron chi connectivity index (χ1n) is 6.17. The van der Waals surface area contributed by atoms with Gasteiger partial charge in [-0.05, 0) is 19.2 Å². The fourth-order valence-corrected chi connectivity index (χ4v) is 2.57. The van der Waals surface area contributed by atoms with Crippen LogP contribution in [-0.2, 0) is 4.79 Å². The lowest BCUT2D eigenvalue weighted by atomic mass is 10.1. The third kappa shape index (κ3) is 2.16. The Kier molecular flexibility index (Phi) is 3.15. The molecular formula is C13H12ClN5O2. The average Bonchev–Trinajstić information content (AvgIpc) is 3.01. The zero-order chi connectivity index (χ0) is 15.1. The van der Waals surface area contributed by atoms with Gasteiger partial charge in [0.15, 0.2) is 0 Å². The van der Waals surface area contributed by atoms with Crippen molar-refractivity contribution in [3.05, 3.63) is 40.7 Å². The summed E-state index contributed by atoms with van der Waals surface area (Å²) in [5, 5.41) is 10.2. The highest BCUT2D eigenvalue weighted by molar-refractivity contribution is 6.32. The molecule has 4 N–H and O–H groups in total. The van der Waals surface area contributed by atoms with Crippen LogP contribution in [0.15, 0.2) is 24.5 Å². The first kappa shape index (κ1) is 13.6. The molecule has 0 spiro atoms. The van der Waals surface area contributed by atoms with Crippen LogP contribution in [0.5, 0.6) is 0 Å². The van der Waals surface area contributed by atoms with Gasteiger partial charge in [-0.2, -0.15) is 5.10 Å². The van der Waals surface area contributed by atoms with Crippen molar-refractivity contribution >= 4 is 29.1 Å². The van der Waals surface area contributed by atoms with Crippen molar-refractivity contribution in [3.63, 3.8) is 0 Å². The first-order chi connectivity index (χ1) is 10.0. The van der Waals surface area contributed by atoms with Crippen LogP contribution in [0.3, 0.4) is 0 Å². The van der Waals surface area contributed by atoms with Gasteiger partial charge in [-0.15, -0.1) is 0 Å². The predicted octanol–water partition coefficient (Wildman–Crippen LogP) is 0.837. The number of likely N-dealkylation sites (N-methyl/N-ethyl adjacent to an activating group) is 1. The molecule has 3 rings (SSSR count). The monoisotopic (exact) mass is 305 g/mol. The topological polar surface area (TPSA) is 102 Å². The highest BCUT2D eigenvalue weighted by Gasteiger charge is 2.30. The minimum Gasteiger partial charge on any atom is -0.366 e. The summed E-state index contributed by atoms with van der Waals surface area (Å²) in [5.41, 5.74) is 7.47. The van der Waals surface area contributed by atoms with Crippen LogP contribution in [-0.4, -0.2) is 28.6 Å². The van der Waals surface area contributed by atoms with E-state index < -0.39 is 11.9 Å².